The van der Waals surface area contributed by atoms with E-state index in [1.54, 1.807) is 24.3 Å². The van der Waals surface area contributed by atoms with E-state index in [4.69, 9.17) is 10.2 Å². The Labute approximate surface area is 165 Å². The van der Waals surface area contributed by atoms with Gasteiger partial charge in [0, 0.05) is 12.3 Å². The van der Waals surface area contributed by atoms with Crippen LogP contribution >= 0.6 is 0 Å². The molecule has 0 fully saturated rings. The number of rotatable bonds is 5. The van der Waals surface area contributed by atoms with Gasteiger partial charge in [-0.1, -0.05) is 48.5 Å². The van der Waals surface area contributed by atoms with Gasteiger partial charge in [0.15, 0.2) is 11.4 Å². The number of hydrogen-bond acceptors (Lipinski definition) is 6. The average molecular weight is 394 g/mol. The van der Waals surface area contributed by atoms with Crippen molar-refractivity contribution in [3.05, 3.63) is 78.8 Å². The quantitative estimate of drug-likeness (QED) is 0.260. The highest BCUT2D eigenvalue weighted by Gasteiger charge is 2.20. The number of nitrogens with zero attached hydrogens (tertiary/aromatic N) is 3. The lowest BCUT2D eigenvalue weighted by molar-refractivity contribution is -0.140. The van der Waals surface area contributed by atoms with Gasteiger partial charge in [-0.15, -0.1) is 0 Å². The van der Waals surface area contributed by atoms with Crippen molar-refractivity contribution in [2.24, 2.45) is 0 Å². The summed E-state index contributed by atoms with van der Waals surface area (Å²) in [4.78, 5) is 41.5. The van der Waals surface area contributed by atoms with Crippen molar-refractivity contribution in [1.82, 2.24) is 15.4 Å². The van der Waals surface area contributed by atoms with Crippen LogP contribution in [0.5, 0.6) is 0 Å². The van der Waals surface area contributed by atoms with E-state index in [9.17, 15) is 14.4 Å². The van der Waals surface area contributed by atoms with Crippen molar-refractivity contribution in [1.29, 1.82) is 0 Å². The highest BCUT2D eigenvalue weighted by atomic mass is 16.4. The Morgan fingerprint density at radius 3 is 1.97 bits per heavy atom. The maximum Gasteiger partial charge on any atom is 0.344 e. The maximum absolute atomic E-state index is 11.4. The number of para-hydroxylation sites is 1. The van der Waals surface area contributed by atoms with Crippen molar-refractivity contribution in [3.8, 4) is 0 Å². The molecule has 0 saturated heterocycles. The van der Waals surface area contributed by atoms with E-state index in [1.165, 1.54) is 13.3 Å². The number of benzene rings is 2. The van der Waals surface area contributed by atoms with Crippen LogP contribution in [0.1, 0.15) is 6.92 Å². The Hall–Kier alpha value is -4.27. The zero-order chi connectivity index (χ0) is 21.2. The van der Waals surface area contributed by atoms with Gasteiger partial charge >= 0.3 is 11.9 Å². The van der Waals surface area contributed by atoms with Crippen LogP contribution in [0.15, 0.2) is 78.8 Å². The molecule has 0 bridgehead atoms. The minimum absolute atomic E-state index is 0.144. The second kappa shape index (κ2) is 10.2. The van der Waals surface area contributed by atoms with Crippen LogP contribution in [0.3, 0.4) is 0 Å². The molecule has 0 aliphatic carbocycles. The first kappa shape index (κ1) is 21.0. The SMILES string of the molecule is CC(=O)NN(C=C(C(=O)O)C(=O)O)c1ncnc2ccccc12.c1ccccc1. The third-order valence-electron chi connectivity index (χ3n) is 3.41. The van der Waals surface area contributed by atoms with E-state index in [0.717, 1.165) is 11.2 Å². The lowest BCUT2D eigenvalue weighted by Crippen LogP contribution is -2.39. The summed E-state index contributed by atoms with van der Waals surface area (Å²) in [6, 6.07) is 18.8. The van der Waals surface area contributed by atoms with Crippen molar-refractivity contribution in [3.63, 3.8) is 0 Å². The zero-order valence-electron chi connectivity index (χ0n) is 15.4. The number of carbonyl (C=O) groups is 3. The molecule has 1 amide bonds. The molecule has 9 heteroatoms. The summed E-state index contributed by atoms with van der Waals surface area (Å²) < 4.78 is 0. The second-order valence-corrected chi connectivity index (χ2v) is 5.56. The van der Waals surface area contributed by atoms with Crippen molar-refractivity contribution < 1.29 is 24.6 Å². The molecule has 3 N–H and O–H groups in total. The molecule has 0 spiro atoms. The topological polar surface area (TPSA) is 133 Å². The monoisotopic (exact) mass is 394 g/mol. The lowest BCUT2D eigenvalue weighted by Gasteiger charge is -2.21. The Bertz CT molecular complexity index is 989. The fourth-order valence-corrected chi connectivity index (χ4v) is 2.21. The van der Waals surface area contributed by atoms with Crippen molar-refractivity contribution in [2.45, 2.75) is 6.92 Å². The molecule has 0 unspecified atom stereocenters. The fraction of sp³-hybridized carbons (Fsp3) is 0.0500. The van der Waals surface area contributed by atoms with Gasteiger partial charge in [0.2, 0.25) is 5.91 Å². The molecule has 0 aliphatic heterocycles. The van der Waals surface area contributed by atoms with Crippen LogP contribution in [0.25, 0.3) is 10.9 Å². The molecular weight excluding hydrogens is 376 g/mol. The van der Waals surface area contributed by atoms with Gasteiger partial charge in [-0.05, 0) is 12.1 Å². The second-order valence-electron chi connectivity index (χ2n) is 5.56. The lowest BCUT2D eigenvalue weighted by atomic mass is 10.2. The first-order valence-electron chi connectivity index (χ1n) is 8.34. The zero-order valence-corrected chi connectivity index (χ0v) is 15.4. The van der Waals surface area contributed by atoms with E-state index in [1.807, 2.05) is 36.4 Å². The number of aromatic nitrogens is 2. The molecular formula is C20H18N4O5. The van der Waals surface area contributed by atoms with E-state index >= 15 is 0 Å². The minimum Gasteiger partial charge on any atom is -0.477 e. The normalized spacial score (nSPS) is 9.55. The van der Waals surface area contributed by atoms with Crippen LogP contribution in [0, 0.1) is 0 Å². The third kappa shape index (κ3) is 6.14. The summed E-state index contributed by atoms with van der Waals surface area (Å²) >= 11 is 0. The molecule has 3 rings (SSSR count). The number of fused-ring (bicyclic) bond motifs is 1. The van der Waals surface area contributed by atoms with Crippen molar-refractivity contribution in [2.75, 3.05) is 5.01 Å². The summed E-state index contributed by atoms with van der Waals surface area (Å²) in [6.07, 6.45) is 2.00. The molecule has 0 aliphatic rings. The molecule has 0 radical (unpaired) electrons. The minimum atomic E-state index is -1.65. The molecule has 0 saturated carbocycles. The fourth-order valence-electron chi connectivity index (χ4n) is 2.21. The Balaban J connectivity index is 0.000000426. The number of carbonyl (C=O) groups excluding carboxylic acids is 1. The summed E-state index contributed by atoms with van der Waals surface area (Å²) in [7, 11) is 0. The number of carboxylic acids is 2. The highest BCUT2D eigenvalue weighted by Crippen LogP contribution is 2.22. The third-order valence-corrected chi connectivity index (χ3v) is 3.41. The van der Waals surface area contributed by atoms with Crippen LogP contribution in [0.4, 0.5) is 5.82 Å². The van der Waals surface area contributed by atoms with Gasteiger partial charge in [-0.25, -0.2) is 24.6 Å². The van der Waals surface area contributed by atoms with E-state index < -0.39 is 23.4 Å². The first-order chi connectivity index (χ1) is 13.9. The molecule has 3 aromatic rings. The Morgan fingerprint density at radius 2 is 1.45 bits per heavy atom. The number of anilines is 1. The Morgan fingerprint density at radius 1 is 0.897 bits per heavy atom. The predicted molar refractivity (Wildman–Crippen MR) is 106 cm³/mol. The number of hydrogen-bond donors (Lipinski definition) is 3. The van der Waals surface area contributed by atoms with Crippen LogP contribution in [-0.2, 0) is 14.4 Å². The van der Waals surface area contributed by atoms with Crippen LogP contribution in [0.2, 0.25) is 0 Å². The van der Waals surface area contributed by atoms with Crippen LogP contribution in [-0.4, -0.2) is 38.0 Å². The Kier molecular flexibility index (Phi) is 7.37. The number of aliphatic carboxylic acids is 2. The smallest absolute Gasteiger partial charge is 0.344 e. The molecule has 9 nitrogen and oxygen atoms in total. The van der Waals surface area contributed by atoms with Gasteiger partial charge in [-0.2, -0.15) is 0 Å². The predicted octanol–water partition coefficient (Wildman–Crippen LogP) is 2.23. The first-order valence-corrected chi connectivity index (χ1v) is 8.34. The van der Waals surface area contributed by atoms with Gasteiger partial charge in [-0.3, -0.25) is 10.2 Å². The molecule has 1 aromatic heterocycles. The summed E-state index contributed by atoms with van der Waals surface area (Å²) in [6.45, 7) is 1.20. The maximum atomic E-state index is 11.4. The van der Waals surface area contributed by atoms with E-state index in [0.29, 0.717) is 10.9 Å². The number of nitrogens with one attached hydrogen (secondary N) is 1. The van der Waals surface area contributed by atoms with E-state index in [2.05, 4.69) is 15.4 Å². The molecule has 0 atom stereocenters. The van der Waals surface area contributed by atoms with Gasteiger partial charge in [0.05, 0.1) is 11.7 Å². The molecule has 29 heavy (non-hydrogen) atoms. The highest BCUT2D eigenvalue weighted by molar-refractivity contribution is 6.12. The van der Waals surface area contributed by atoms with Gasteiger partial charge in [0.25, 0.3) is 0 Å². The van der Waals surface area contributed by atoms with E-state index in [-0.39, 0.29) is 5.82 Å². The molecule has 148 valence electrons. The summed E-state index contributed by atoms with van der Waals surface area (Å²) in [5.41, 5.74) is 1.95. The van der Waals surface area contributed by atoms with Crippen LogP contribution < -0.4 is 10.4 Å². The molecule has 2 aromatic carbocycles. The average Bonchev–Trinajstić information content (AvgIpc) is 2.71. The summed E-state index contributed by atoms with van der Waals surface area (Å²) in [5.74, 6) is -3.68. The van der Waals surface area contributed by atoms with Gasteiger partial charge in [0.1, 0.15) is 6.33 Å². The summed E-state index contributed by atoms with van der Waals surface area (Å²) in [5, 5.41) is 19.4. The number of hydrazine groups is 1. The largest absolute Gasteiger partial charge is 0.477 e. The standard InChI is InChI=1S/C14H12N4O5.C6H6/c1-8(19)17-18(6-10(13(20)21)14(22)23)12-9-4-2-3-5-11(9)15-7-16-12;1-2-4-6-5-3-1/h2-7H,1H3,(H,17,19)(H,20,21)(H,22,23);1-6H. The molecule has 1 heterocycles. The number of carboxylic acid groups (broad SMARTS) is 2. The number of amides is 1. The van der Waals surface area contributed by atoms with Gasteiger partial charge < -0.3 is 10.2 Å². The van der Waals surface area contributed by atoms with Crippen molar-refractivity contribution >= 4 is 34.6 Å².